The van der Waals surface area contributed by atoms with Gasteiger partial charge in [0.25, 0.3) is 0 Å². The Bertz CT molecular complexity index is 499. The van der Waals surface area contributed by atoms with E-state index in [1.807, 2.05) is 0 Å². The fraction of sp³-hybridized carbons (Fsp3) is 0.467. The summed E-state index contributed by atoms with van der Waals surface area (Å²) < 4.78 is 0. The molecule has 3 rings (SSSR count). The van der Waals surface area contributed by atoms with E-state index in [-0.39, 0.29) is 29.4 Å². The van der Waals surface area contributed by atoms with Crippen molar-refractivity contribution in [1.29, 1.82) is 0 Å². The van der Waals surface area contributed by atoms with Crippen LogP contribution in [-0.4, -0.2) is 21.8 Å². The third-order valence-electron chi connectivity index (χ3n) is 4.24. The number of carbonyl (C=O) groups is 2. The highest BCUT2D eigenvalue weighted by atomic mass is 16.3. The van der Waals surface area contributed by atoms with Crippen LogP contribution in [0.5, 0.6) is 5.75 Å². The largest absolute Gasteiger partial charge is 0.508 e. The van der Waals surface area contributed by atoms with Gasteiger partial charge in [0.15, 0.2) is 0 Å². The van der Waals surface area contributed by atoms with Gasteiger partial charge < -0.3 is 5.11 Å². The number of benzene rings is 1. The maximum Gasteiger partial charge on any atom is 0.233 e. The second kappa shape index (κ2) is 4.37. The molecular weight excluding hydrogens is 242 g/mol. The van der Waals surface area contributed by atoms with Crippen LogP contribution < -0.4 is 0 Å². The molecule has 4 heteroatoms. The van der Waals surface area contributed by atoms with Crippen molar-refractivity contribution in [2.45, 2.75) is 26.3 Å². The highest BCUT2D eigenvalue weighted by Crippen LogP contribution is 2.43. The number of amides is 2. The molecule has 100 valence electrons. The molecule has 0 bridgehead atoms. The number of carbonyl (C=O) groups excluding carboxylic acids is 2. The molecule has 2 aliphatic rings. The lowest BCUT2D eigenvalue weighted by Gasteiger charge is -2.16. The molecular formula is C15H17NO3. The zero-order valence-electron chi connectivity index (χ0n) is 10.9. The predicted octanol–water partition coefficient (Wildman–Crippen LogP) is 1.92. The van der Waals surface area contributed by atoms with Gasteiger partial charge in [0.1, 0.15) is 5.75 Å². The summed E-state index contributed by atoms with van der Waals surface area (Å²) in [7, 11) is 0. The van der Waals surface area contributed by atoms with E-state index < -0.39 is 0 Å². The summed E-state index contributed by atoms with van der Waals surface area (Å²) in [5, 5.41) is 9.23. The summed E-state index contributed by atoms with van der Waals surface area (Å²) in [5.74, 6) is 0.423. The maximum atomic E-state index is 12.3. The van der Waals surface area contributed by atoms with Gasteiger partial charge in [-0.3, -0.25) is 14.5 Å². The Morgan fingerprint density at radius 1 is 1.11 bits per heavy atom. The molecule has 19 heavy (non-hydrogen) atoms. The fourth-order valence-corrected chi connectivity index (χ4v) is 3.29. The molecule has 1 aromatic rings. The van der Waals surface area contributed by atoms with Crippen molar-refractivity contribution in [3.8, 4) is 5.75 Å². The Morgan fingerprint density at radius 3 is 2.16 bits per heavy atom. The Kier molecular flexibility index (Phi) is 2.81. The number of phenolic OH excluding ortho intramolecular Hbond substituents is 1. The Hall–Kier alpha value is -1.84. The van der Waals surface area contributed by atoms with Crippen LogP contribution in [0.25, 0.3) is 0 Å². The first-order valence-corrected chi connectivity index (χ1v) is 6.69. The number of hydrogen-bond donors (Lipinski definition) is 1. The van der Waals surface area contributed by atoms with E-state index in [2.05, 4.69) is 6.92 Å². The minimum Gasteiger partial charge on any atom is -0.508 e. The van der Waals surface area contributed by atoms with E-state index >= 15 is 0 Å². The van der Waals surface area contributed by atoms with Gasteiger partial charge in [-0.25, -0.2) is 0 Å². The molecule has 1 N–H and O–H groups in total. The smallest absolute Gasteiger partial charge is 0.233 e. The van der Waals surface area contributed by atoms with Crippen molar-refractivity contribution in [2.75, 3.05) is 0 Å². The molecule has 1 aromatic carbocycles. The van der Waals surface area contributed by atoms with Gasteiger partial charge in [-0.1, -0.05) is 19.1 Å². The minimum absolute atomic E-state index is 0.0209. The molecule has 4 nitrogen and oxygen atoms in total. The zero-order valence-corrected chi connectivity index (χ0v) is 10.9. The Balaban J connectivity index is 1.78. The number of phenols is 1. The number of nitrogens with zero attached hydrogens (tertiary/aromatic N) is 1. The molecule has 1 saturated heterocycles. The first-order valence-electron chi connectivity index (χ1n) is 6.69. The van der Waals surface area contributed by atoms with Gasteiger partial charge in [-0.2, -0.15) is 0 Å². The van der Waals surface area contributed by atoms with E-state index in [1.54, 1.807) is 24.3 Å². The summed E-state index contributed by atoms with van der Waals surface area (Å²) in [5.41, 5.74) is 0.868. The molecule has 2 unspecified atom stereocenters. The first-order chi connectivity index (χ1) is 9.06. The van der Waals surface area contributed by atoms with Crippen molar-refractivity contribution in [3.05, 3.63) is 29.8 Å². The highest BCUT2D eigenvalue weighted by molar-refractivity contribution is 6.05. The standard InChI is InChI=1S/C15H17NO3/c1-9-6-12-13(7-9)15(19)16(14(12)18)8-10-2-4-11(17)5-3-10/h2-5,9,12-13,17H,6-8H2,1H3. The van der Waals surface area contributed by atoms with Crippen LogP contribution in [-0.2, 0) is 16.1 Å². The number of rotatable bonds is 2. The van der Waals surface area contributed by atoms with Gasteiger partial charge in [-0.05, 0) is 36.5 Å². The summed E-state index contributed by atoms with van der Waals surface area (Å²) in [6.45, 7) is 2.42. The summed E-state index contributed by atoms with van der Waals surface area (Å²) in [4.78, 5) is 25.9. The van der Waals surface area contributed by atoms with Crippen LogP contribution in [0.15, 0.2) is 24.3 Å². The van der Waals surface area contributed by atoms with Crippen molar-refractivity contribution >= 4 is 11.8 Å². The molecule has 1 saturated carbocycles. The minimum atomic E-state index is -0.0976. The average molecular weight is 259 g/mol. The van der Waals surface area contributed by atoms with Crippen LogP contribution in [0, 0.1) is 17.8 Å². The van der Waals surface area contributed by atoms with Crippen LogP contribution in [0.2, 0.25) is 0 Å². The number of imide groups is 1. The number of hydrogen-bond acceptors (Lipinski definition) is 3. The third kappa shape index (κ3) is 2.01. The van der Waals surface area contributed by atoms with E-state index in [0.29, 0.717) is 12.5 Å². The first kappa shape index (κ1) is 12.2. The van der Waals surface area contributed by atoms with Crippen LogP contribution in [0.3, 0.4) is 0 Å². The Labute approximate surface area is 112 Å². The number of likely N-dealkylation sites (tertiary alicyclic amines) is 1. The normalized spacial score (nSPS) is 29.9. The fourth-order valence-electron chi connectivity index (χ4n) is 3.29. The van der Waals surface area contributed by atoms with Gasteiger partial charge in [0.05, 0.1) is 18.4 Å². The maximum absolute atomic E-state index is 12.3. The van der Waals surface area contributed by atoms with E-state index in [4.69, 9.17) is 0 Å². The molecule has 0 spiro atoms. The summed E-state index contributed by atoms with van der Waals surface area (Å²) >= 11 is 0. The lowest BCUT2D eigenvalue weighted by molar-refractivity contribution is -0.141. The Morgan fingerprint density at radius 2 is 1.63 bits per heavy atom. The van der Waals surface area contributed by atoms with Crippen LogP contribution in [0.4, 0.5) is 0 Å². The van der Waals surface area contributed by atoms with Gasteiger partial charge in [-0.15, -0.1) is 0 Å². The predicted molar refractivity (Wildman–Crippen MR) is 69.0 cm³/mol. The van der Waals surface area contributed by atoms with Crippen molar-refractivity contribution in [1.82, 2.24) is 4.90 Å². The second-order valence-corrected chi connectivity index (χ2v) is 5.72. The molecule has 0 radical (unpaired) electrons. The van der Waals surface area contributed by atoms with Gasteiger partial charge in [0.2, 0.25) is 11.8 Å². The van der Waals surface area contributed by atoms with Gasteiger partial charge >= 0.3 is 0 Å². The second-order valence-electron chi connectivity index (χ2n) is 5.72. The third-order valence-corrected chi connectivity index (χ3v) is 4.24. The van der Waals surface area contributed by atoms with Crippen molar-refractivity contribution < 1.29 is 14.7 Å². The van der Waals surface area contributed by atoms with E-state index in [9.17, 15) is 14.7 Å². The topological polar surface area (TPSA) is 57.6 Å². The van der Waals surface area contributed by atoms with Crippen LogP contribution >= 0.6 is 0 Å². The molecule has 0 aromatic heterocycles. The van der Waals surface area contributed by atoms with Crippen molar-refractivity contribution in [2.24, 2.45) is 17.8 Å². The lowest BCUT2D eigenvalue weighted by atomic mass is 10.00. The zero-order chi connectivity index (χ0) is 13.6. The van der Waals surface area contributed by atoms with Crippen LogP contribution in [0.1, 0.15) is 25.3 Å². The van der Waals surface area contributed by atoms with Gasteiger partial charge in [0, 0.05) is 0 Å². The highest BCUT2D eigenvalue weighted by Gasteiger charge is 2.51. The van der Waals surface area contributed by atoms with E-state index in [1.165, 1.54) is 4.90 Å². The molecule has 2 amide bonds. The van der Waals surface area contributed by atoms with Crippen molar-refractivity contribution in [3.63, 3.8) is 0 Å². The molecule has 1 aliphatic heterocycles. The monoisotopic (exact) mass is 259 g/mol. The summed E-state index contributed by atoms with van der Waals surface area (Å²) in [6, 6.07) is 6.63. The number of aromatic hydroxyl groups is 1. The average Bonchev–Trinajstić information content (AvgIpc) is 2.86. The number of fused-ring (bicyclic) bond motifs is 1. The SMILES string of the molecule is CC1CC2C(=O)N(Cc3ccc(O)cc3)C(=O)C2C1. The lowest BCUT2D eigenvalue weighted by Crippen LogP contribution is -2.31. The molecule has 1 heterocycles. The molecule has 2 atom stereocenters. The quantitative estimate of drug-likeness (QED) is 0.825. The van der Waals surface area contributed by atoms with E-state index in [0.717, 1.165) is 18.4 Å². The summed E-state index contributed by atoms with van der Waals surface area (Å²) in [6.07, 6.45) is 1.67. The molecule has 2 fully saturated rings. The molecule has 1 aliphatic carbocycles.